The van der Waals surface area contributed by atoms with Gasteiger partial charge in [0.15, 0.2) is 6.61 Å². The molecule has 3 rings (SSSR count). The van der Waals surface area contributed by atoms with Crippen LogP contribution in [0.1, 0.15) is 11.1 Å². The van der Waals surface area contributed by atoms with Crippen molar-refractivity contribution < 1.29 is 32.6 Å². The van der Waals surface area contributed by atoms with Crippen LogP contribution in [0.5, 0.6) is 5.75 Å². The monoisotopic (exact) mass is 478 g/mol. The fourth-order valence-electron chi connectivity index (χ4n) is 3.10. The van der Waals surface area contributed by atoms with Crippen LogP contribution < -0.4 is 4.74 Å². The van der Waals surface area contributed by atoms with Crippen molar-refractivity contribution in [1.29, 1.82) is 0 Å². The first-order chi connectivity index (χ1) is 14.3. The first-order valence-electron chi connectivity index (χ1n) is 8.95. The number of hydrogen-bond donors (Lipinski definition) is 2. The fraction of sp³-hybridized carbons (Fsp3) is 0.389. The summed E-state index contributed by atoms with van der Waals surface area (Å²) in [5, 5.41) is 18.8. The maximum Gasteiger partial charge on any atom is 0.260 e. The van der Waals surface area contributed by atoms with Crippen molar-refractivity contribution in [1.82, 2.24) is 9.21 Å². The highest BCUT2D eigenvalue weighted by Crippen LogP contribution is 2.29. The number of carbonyl (C=O) groups excluding carboxylic acids is 1. The third-order valence-electron chi connectivity index (χ3n) is 4.62. The van der Waals surface area contributed by atoms with Gasteiger partial charge in [-0.1, -0.05) is 11.6 Å². The molecule has 8 nitrogen and oxygen atoms in total. The normalized spacial score (nSPS) is 15.4. The lowest BCUT2D eigenvalue weighted by atomic mass is 10.1. The van der Waals surface area contributed by atoms with Crippen LogP contribution in [0.15, 0.2) is 28.5 Å². The summed E-state index contributed by atoms with van der Waals surface area (Å²) in [5.41, 5.74) is 0.245. The summed E-state index contributed by atoms with van der Waals surface area (Å²) in [6, 6.07) is 5.11. The number of rotatable bonds is 7. The van der Waals surface area contributed by atoms with Gasteiger partial charge in [0.05, 0.1) is 17.6 Å². The van der Waals surface area contributed by atoms with E-state index in [9.17, 15) is 27.8 Å². The number of ether oxygens (including phenoxy) is 1. The van der Waals surface area contributed by atoms with Crippen LogP contribution >= 0.6 is 22.9 Å². The average molecular weight is 479 g/mol. The molecule has 0 radical (unpaired) electrons. The zero-order valence-electron chi connectivity index (χ0n) is 15.8. The maximum absolute atomic E-state index is 13.5. The number of carbonyl (C=O) groups is 1. The second-order valence-electron chi connectivity index (χ2n) is 6.50. The lowest BCUT2D eigenvalue weighted by molar-refractivity contribution is -0.134. The van der Waals surface area contributed by atoms with Crippen molar-refractivity contribution in [3.8, 4) is 5.75 Å². The summed E-state index contributed by atoms with van der Waals surface area (Å²) in [6.07, 6.45) is 0. The van der Waals surface area contributed by atoms with E-state index in [1.165, 1.54) is 21.3 Å². The number of aliphatic hydroxyl groups excluding tert-OH is 2. The minimum Gasteiger partial charge on any atom is -0.483 e. The minimum absolute atomic E-state index is 0.0607. The second kappa shape index (κ2) is 9.58. The molecule has 0 spiro atoms. The average Bonchev–Trinajstić information content (AvgIpc) is 3.19. The molecule has 2 heterocycles. The SMILES string of the molecule is O=C(COc1c(CO)cc(F)cc1CO)N1CCN(S(=O)(=O)c2ccc(Cl)s2)CC1. The molecule has 0 saturated carbocycles. The number of aliphatic hydroxyl groups is 2. The van der Waals surface area contributed by atoms with E-state index >= 15 is 0 Å². The third-order valence-corrected chi connectivity index (χ3v) is 8.22. The number of benzene rings is 1. The fourth-order valence-corrected chi connectivity index (χ4v) is 6.16. The van der Waals surface area contributed by atoms with Crippen LogP contribution in [0.25, 0.3) is 0 Å². The zero-order chi connectivity index (χ0) is 21.9. The molecule has 1 fully saturated rings. The van der Waals surface area contributed by atoms with Gasteiger partial charge in [0.1, 0.15) is 15.8 Å². The Morgan fingerprint density at radius 3 is 2.23 bits per heavy atom. The third kappa shape index (κ3) is 4.93. The molecule has 1 aliphatic heterocycles. The van der Waals surface area contributed by atoms with Gasteiger partial charge in [-0.3, -0.25) is 4.79 Å². The number of halogens is 2. The molecule has 0 atom stereocenters. The topological polar surface area (TPSA) is 107 Å². The zero-order valence-corrected chi connectivity index (χ0v) is 18.1. The molecule has 1 aromatic heterocycles. The van der Waals surface area contributed by atoms with Gasteiger partial charge in [-0.2, -0.15) is 4.31 Å². The van der Waals surface area contributed by atoms with Gasteiger partial charge in [-0.15, -0.1) is 11.3 Å². The van der Waals surface area contributed by atoms with Crippen molar-refractivity contribution in [2.75, 3.05) is 32.8 Å². The van der Waals surface area contributed by atoms with Gasteiger partial charge in [0.25, 0.3) is 15.9 Å². The van der Waals surface area contributed by atoms with Gasteiger partial charge in [0, 0.05) is 37.3 Å². The second-order valence-corrected chi connectivity index (χ2v) is 10.4. The predicted molar refractivity (Wildman–Crippen MR) is 108 cm³/mol. The predicted octanol–water partition coefficient (Wildman–Crippen LogP) is 1.44. The Kier molecular flexibility index (Phi) is 7.32. The Morgan fingerprint density at radius 1 is 1.13 bits per heavy atom. The van der Waals surface area contributed by atoms with Gasteiger partial charge in [-0.05, 0) is 24.3 Å². The van der Waals surface area contributed by atoms with E-state index in [-0.39, 0.29) is 59.8 Å². The first kappa shape index (κ1) is 22.9. The van der Waals surface area contributed by atoms with E-state index in [2.05, 4.69) is 0 Å². The van der Waals surface area contributed by atoms with Crippen LogP contribution in [0.2, 0.25) is 4.34 Å². The van der Waals surface area contributed by atoms with Crippen molar-refractivity contribution in [3.05, 3.63) is 45.5 Å². The van der Waals surface area contributed by atoms with Gasteiger partial charge >= 0.3 is 0 Å². The van der Waals surface area contributed by atoms with Crippen molar-refractivity contribution in [2.45, 2.75) is 17.4 Å². The summed E-state index contributed by atoms with van der Waals surface area (Å²) in [4.78, 5) is 14.0. The molecule has 164 valence electrons. The highest BCUT2D eigenvalue weighted by Gasteiger charge is 2.31. The molecule has 1 saturated heterocycles. The lowest BCUT2D eigenvalue weighted by Gasteiger charge is -2.33. The molecule has 0 bridgehead atoms. The Hall–Kier alpha value is -1.76. The molecule has 1 aliphatic rings. The molecular weight excluding hydrogens is 459 g/mol. The maximum atomic E-state index is 13.5. The summed E-state index contributed by atoms with van der Waals surface area (Å²) >= 11 is 6.80. The van der Waals surface area contributed by atoms with E-state index in [1.54, 1.807) is 0 Å². The molecular formula is C18H20ClFN2O6S2. The number of piperazine rings is 1. The van der Waals surface area contributed by atoms with Crippen molar-refractivity contribution >= 4 is 38.9 Å². The lowest BCUT2D eigenvalue weighted by Crippen LogP contribution is -2.51. The summed E-state index contributed by atoms with van der Waals surface area (Å²) < 4.78 is 46.1. The summed E-state index contributed by atoms with van der Waals surface area (Å²) in [5.74, 6) is -0.958. The number of thiophene rings is 1. The number of nitrogens with zero attached hydrogens (tertiary/aromatic N) is 2. The minimum atomic E-state index is -3.66. The molecule has 1 amide bonds. The highest BCUT2D eigenvalue weighted by molar-refractivity contribution is 7.91. The largest absolute Gasteiger partial charge is 0.483 e. The molecule has 2 N–H and O–H groups in total. The van der Waals surface area contributed by atoms with Crippen LogP contribution in [0.4, 0.5) is 4.39 Å². The van der Waals surface area contributed by atoms with E-state index in [0.29, 0.717) is 4.34 Å². The van der Waals surface area contributed by atoms with E-state index in [1.807, 2.05) is 0 Å². The molecule has 2 aromatic rings. The smallest absolute Gasteiger partial charge is 0.260 e. The molecule has 0 aliphatic carbocycles. The van der Waals surface area contributed by atoms with Gasteiger partial charge in [0.2, 0.25) is 0 Å². The Bertz CT molecular complexity index is 996. The van der Waals surface area contributed by atoms with Gasteiger partial charge in [-0.25, -0.2) is 12.8 Å². The van der Waals surface area contributed by atoms with Crippen molar-refractivity contribution in [2.24, 2.45) is 0 Å². The van der Waals surface area contributed by atoms with Crippen LogP contribution in [0.3, 0.4) is 0 Å². The molecule has 1 aromatic carbocycles. The van der Waals surface area contributed by atoms with E-state index in [0.717, 1.165) is 23.5 Å². The van der Waals surface area contributed by atoms with E-state index in [4.69, 9.17) is 16.3 Å². The molecule has 0 unspecified atom stereocenters. The van der Waals surface area contributed by atoms with Crippen LogP contribution in [-0.2, 0) is 28.0 Å². The van der Waals surface area contributed by atoms with Crippen LogP contribution in [0, 0.1) is 5.82 Å². The summed E-state index contributed by atoms with van der Waals surface area (Å²) in [7, 11) is -3.66. The Balaban J connectivity index is 1.60. The molecule has 30 heavy (non-hydrogen) atoms. The number of amides is 1. The standard InChI is InChI=1S/C18H20ClFN2O6S2/c19-15-1-2-17(29-15)30(26,27)22-5-3-21(4-6-22)16(25)11-28-18-12(9-23)7-14(20)8-13(18)10-24/h1-2,7-8,23-24H,3-6,9-11H2. The van der Waals surface area contributed by atoms with Gasteiger partial charge < -0.3 is 19.8 Å². The number of hydrogen-bond acceptors (Lipinski definition) is 7. The van der Waals surface area contributed by atoms with Crippen molar-refractivity contribution in [3.63, 3.8) is 0 Å². The molecule has 12 heteroatoms. The Labute approximate surface area is 182 Å². The summed E-state index contributed by atoms with van der Waals surface area (Å²) in [6.45, 7) is -0.796. The highest BCUT2D eigenvalue weighted by atomic mass is 35.5. The number of sulfonamides is 1. The van der Waals surface area contributed by atoms with E-state index < -0.39 is 29.1 Å². The Morgan fingerprint density at radius 2 is 1.73 bits per heavy atom. The first-order valence-corrected chi connectivity index (χ1v) is 11.6. The quantitative estimate of drug-likeness (QED) is 0.623. The van der Waals surface area contributed by atoms with Crippen LogP contribution in [-0.4, -0.2) is 66.5 Å².